The van der Waals surface area contributed by atoms with E-state index < -0.39 is 0 Å². The molecular formula is C34H19N3OS. The lowest BCUT2D eigenvalue weighted by Crippen LogP contribution is -1.98. The number of thiophene rings is 1. The van der Waals surface area contributed by atoms with Gasteiger partial charge in [0.15, 0.2) is 11.4 Å². The Morgan fingerprint density at radius 2 is 1.44 bits per heavy atom. The molecule has 5 heteroatoms. The Morgan fingerprint density at radius 3 is 2.36 bits per heavy atom. The normalized spacial score (nSPS) is 12.1. The largest absolute Gasteiger partial charge is 0.450 e. The van der Waals surface area contributed by atoms with E-state index in [1.807, 2.05) is 23.5 Å². The molecule has 0 N–H and O–H groups in total. The molecule has 0 saturated carbocycles. The van der Waals surface area contributed by atoms with Crippen LogP contribution >= 0.6 is 11.3 Å². The van der Waals surface area contributed by atoms with Gasteiger partial charge in [-0.1, -0.05) is 78.9 Å². The minimum Gasteiger partial charge on any atom is -0.450 e. The van der Waals surface area contributed by atoms with Crippen molar-refractivity contribution in [1.82, 2.24) is 14.5 Å². The Hall–Kier alpha value is -5.00. The number of aromatic nitrogens is 3. The number of para-hydroxylation sites is 1. The molecule has 0 amide bonds. The first-order chi connectivity index (χ1) is 19.3. The predicted octanol–water partition coefficient (Wildman–Crippen LogP) is 9.51. The number of hydrogen-bond acceptors (Lipinski definition) is 4. The van der Waals surface area contributed by atoms with E-state index in [0.29, 0.717) is 5.58 Å². The average Bonchev–Trinajstić information content (AvgIpc) is 3.66. The van der Waals surface area contributed by atoms with Crippen LogP contribution in [0.3, 0.4) is 0 Å². The Kier molecular flexibility index (Phi) is 4.18. The smallest absolute Gasteiger partial charge is 0.197 e. The minimum atomic E-state index is 0.691. The summed E-state index contributed by atoms with van der Waals surface area (Å²) in [6.45, 7) is 0. The Labute approximate surface area is 226 Å². The molecule has 4 aromatic heterocycles. The molecule has 4 nitrogen and oxygen atoms in total. The van der Waals surface area contributed by atoms with Gasteiger partial charge in [-0.05, 0) is 41.5 Å². The Balaban J connectivity index is 1.38. The number of fused-ring (bicyclic) bond motifs is 10. The summed E-state index contributed by atoms with van der Waals surface area (Å²) in [6.07, 6.45) is 1.65. The molecule has 4 heterocycles. The molecule has 0 aliphatic heterocycles. The number of nitrogens with zero attached hydrogens (tertiary/aromatic N) is 3. The van der Waals surface area contributed by atoms with E-state index in [1.54, 1.807) is 6.33 Å². The minimum absolute atomic E-state index is 0.691. The highest BCUT2D eigenvalue weighted by atomic mass is 32.1. The first-order valence-electron chi connectivity index (χ1n) is 12.9. The van der Waals surface area contributed by atoms with Gasteiger partial charge in [0.2, 0.25) is 0 Å². The van der Waals surface area contributed by atoms with Crippen LogP contribution in [0.15, 0.2) is 120 Å². The molecule has 0 atom stereocenters. The summed E-state index contributed by atoms with van der Waals surface area (Å²) in [5.74, 6) is 0.754. The highest BCUT2D eigenvalue weighted by Gasteiger charge is 2.21. The fourth-order valence-corrected chi connectivity index (χ4v) is 7.26. The summed E-state index contributed by atoms with van der Waals surface area (Å²) in [4.78, 5) is 9.51. The van der Waals surface area contributed by atoms with Crippen molar-refractivity contribution in [3.05, 3.63) is 116 Å². The summed E-state index contributed by atoms with van der Waals surface area (Å²) in [5, 5.41) is 6.03. The van der Waals surface area contributed by atoms with Crippen molar-refractivity contribution in [2.45, 2.75) is 0 Å². The third-order valence-corrected chi connectivity index (χ3v) is 8.93. The van der Waals surface area contributed by atoms with Gasteiger partial charge in [0, 0.05) is 36.3 Å². The van der Waals surface area contributed by atoms with Crippen molar-refractivity contribution < 1.29 is 4.42 Å². The SMILES string of the molecule is c1ccc(-c2ccc3oc4c(-n5c6ccccc6c6c7sc8ccccc8c7ccc65)ncnc4c3c2)cc1. The van der Waals surface area contributed by atoms with Crippen LogP contribution in [0.1, 0.15) is 0 Å². The van der Waals surface area contributed by atoms with Crippen molar-refractivity contribution >= 4 is 75.4 Å². The van der Waals surface area contributed by atoms with E-state index in [4.69, 9.17) is 14.4 Å². The quantitative estimate of drug-likeness (QED) is 0.229. The van der Waals surface area contributed by atoms with Crippen LogP contribution in [0.4, 0.5) is 0 Å². The molecular weight excluding hydrogens is 498 g/mol. The molecule has 9 rings (SSSR count). The lowest BCUT2D eigenvalue weighted by molar-refractivity contribution is 0.662. The fourth-order valence-electron chi connectivity index (χ4n) is 6.00. The van der Waals surface area contributed by atoms with Gasteiger partial charge in [-0.3, -0.25) is 4.57 Å². The first kappa shape index (κ1) is 21.0. The van der Waals surface area contributed by atoms with E-state index in [-0.39, 0.29) is 0 Å². The van der Waals surface area contributed by atoms with Crippen LogP contribution in [0.25, 0.3) is 81.0 Å². The number of benzene rings is 5. The molecule has 0 aliphatic carbocycles. The molecule has 5 aromatic carbocycles. The zero-order valence-corrected chi connectivity index (χ0v) is 21.4. The second-order valence-electron chi connectivity index (χ2n) is 9.84. The van der Waals surface area contributed by atoms with Gasteiger partial charge < -0.3 is 4.42 Å². The zero-order chi connectivity index (χ0) is 25.5. The van der Waals surface area contributed by atoms with Crippen molar-refractivity contribution in [2.24, 2.45) is 0 Å². The van der Waals surface area contributed by atoms with Gasteiger partial charge in [0.1, 0.15) is 17.4 Å². The third kappa shape index (κ3) is 2.88. The van der Waals surface area contributed by atoms with Crippen LogP contribution in [0, 0.1) is 0 Å². The van der Waals surface area contributed by atoms with Crippen molar-refractivity contribution in [1.29, 1.82) is 0 Å². The first-order valence-corrected chi connectivity index (χ1v) is 13.7. The molecule has 0 bridgehead atoms. The Bertz CT molecular complexity index is 2400. The van der Waals surface area contributed by atoms with Gasteiger partial charge in [0.05, 0.1) is 11.0 Å². The summed E-state index contributed by atoms with van der Waals surface area (Å²) in [5.41, 5.74) is 6.83. The van der Waals surface area contributed by atoms with Crippen LogP contribution in [-0.4, -0.2) is 14.5 Å². The second-order valence-corrected chi connectivity index (χ2v) is 10.9. The predicted molar refractivity (Wildman–Crippen MR) is 162 cm³/mol. The lowest BCUT2D eigenvalue weighted by atomic mass is 10.0. The van der Waals surface area contributed by atoms with Gasteiger partial charge in [-0.15, -0.1) is 11.3 Å². The zero-order valence-electron chi connectivity index (χ0n) is 20.6. The molecule has 39 heavy (non-hydrogen) atoms. The van der Waals surface area contributed by atoms with Crippen LogP contribution < -0.4 is 0 Å². The number of hydrogen-bond donors (Lipinski definition) is 0. The molecule has 0 spiro atoms. The Morgan fingerprint density at radius 1 is 0.615 bits per heavy atom. The molecule has 9 aromatic rings. The average molecular weight is 518 g/mol. The molecule has 0 aliphatic rings. The number of furan rings is 1. The summed E-state index contributed by atoms with van der Waals surface area (Å²) >= 11 is 1.85. The molecule has 0 saturated heterocycles. The highest BCUT2D eigenvalue weighted by molar-refractivity contribution is 7.26. The van der Waals surface area contributed by atoms with E-state index in [2.05, 4.69) is 102 Å². The van der Waals surface area contributed by atoms with E-state index in [0.717, 1.165) is 44.5 Å². The van der Waals surface area contributed by atoms with Gasteiger partial charge in [-0.25, -0.2) is 9.97 Å². The highest BCUT2D eigenvalue weighted by Crippen LogP contribution is 2.44. The van der Waals surface area contributed by atoms with Crippen molar-refractivity contribution in [3.8, 4) is 16.9 Å². The lowest BCUT2D eigenvalue weighted by Gasteiger charge is -2.07. The van der Waals surface area contributed by atoms with Crippen LogP contribution in [0.2, 0.25) is 0 Å². The molecule has 0 unspecified atom stereocenters. The standard InChI is InChI=1S/C34H19N3OS/c1-2-8-20(9-3-1)21-14-17-28-25(18-21)31-32(38-28)34(36-19-35-31)37-26-12-6-4-11-24(26)30-27(37)16-15-23-22-10-5-7-13-29(22)39-33(23)30/h1-19H. The van der Waals surface area contributed by atoms with Gasteiger partial charge in [0.25, 0.3) is 0 Å². The maximum Gasteiger partial charge on any atom is 0.197 e. The van der Waals surface area contributed by atoms with Gasteiger partial charge in [-0.2, -0.15) is 0 Å². The topological polar surface area (TPSA) is 43.9 Å². The number of rotatable bonds is 2. The molecule has 0 fully saturated rings. The monoisotopic (exact) mass is 517 g/mol. The van der Waals surface area contributed by atoms with Crippen LogP contribution in [-0.2, 0) is 0 Å². The van der Waals surface area contributed by atoms with Crippen molar-refractivity contribution in [3.63, 3.8) is 0 Å². The summed E-state index contributed by atoms with van der Waals surface area (Å²) < 4.78 is 11.3. The maximum absolute atomic E-state index is 6.49. The maximum atomic E-state index is 6.49. The third-order valence-electron chi connectivity index (χ3n) is 7.73. The van der Waals surface area contributed by atoms with Crippen molar-refractivity contribution in [2.75, 3.05) is 0 Å². The van der Waals surface area contributed by atoms with E-state index >= 15 is 0 Å². The van der Waals surface area contributed by atoms with Gasteiger partial charge >= 0.3 is 0 Å². The van der Waals surface area contributed by atoms with E-state index in [1.165, 1.54) is 30.9 Å². The van der Waals surface area contributed by atoms with Crippen LogP contribution in [0.5, 0.6) is 0 Å². The molecule has 182 valence electrons. The van der Waals surface area contributed by atoms with E-state index in [9.17, 15) is 0 Å². The second kappa shape index (κ2) is 7.76. The summed E-state index contributed by atoms with van der Waals surface area (Å²) in [7, 11) is 0. The summed E-state index contributed by atoms with van der Waals surface area (Å²) in [6, 6.07) is 38.4. The molecule has 0 radical (unpaired) electrons. The fraction of sp³-hybridized carbons (Fsp3) is 0.